The standard InChI is InChI=1S/C30H15F12OP/c31-27(32,33)17-9-11-22(29(37,38)39)25(14-17)44(43,26-15-18(28(34,35)36)10-12-23(26)30(40,41)42)24-13-16-5-1-2-6-19(16)20-7-3-4-8-21(20)24/h1-15H. The van der Waals surface area contributed by atoms with Crippen molar-refractivity contribution in [3.05, 3.63) is 113 Å². The van der Waals surface area contributed by atoms with E-state index in [0.29, 0.717) is 5.39 Å². The molecule has 14 heteroatoms. The van der Waals surface area contributed by atoms with Gasteiger partial charge in [0.2, 0.25) is 0 Å². The van der Waals surface area contributed by atoms with Gasteiger partial charge in [-0.15, -0.1) is 0 Å². The zero-order chi connectivity index (χ0) is 32.5. The van der Waals surface area contributed by atoms with Crippen molar-refractivity contribution < 1.29 is 57.3 Å². The van der Waals surface area contributed by atoms with E-state index < -0.39 is 70.0 Å². The molecule has 0 bridgehead atoms. The van der Waals surface area contributed by atoms with Crippen LogP contribution in [0.25, 0.3) is 21.5 Å². The fourth-order valence-electron chi connectivity index (χ4n) is 5.10. The van der Waals surface area contributed by atoms with Crippen molar-refractivity contribution in [1.82, 2.24) is 0 Å². The molecule has 0 atom stereocenters. The van der Waals surface area contributed by atoms with E-state index in [0.717, 1.165) is 6.07 Å². The zero-order valence-corrected chi connectivity index (χ0v) is 22.4. The Labute approximate surface area is 240 Å². The quantitative estimate of drug-likeness (QED) is 0.108. The van der Waals surface area contributed by atoms with Crippen LogP contribution in [0.1, 0.15) is 22.3 Å². The lowest BCUT2D eigenvalue weighted by Crippen LogP contribution is -2.35. The average molecular weight is 650 g/mol. The average Bonchev–Trinajstić information content (AvgIpc) is 2.94. The number of hydrogen-bond donors (Lipinski definition) is 0. The van der Waals surface area contributed by atoms with Crippen LogP contribution in [0.3, 0.4) is 0 Å². The summed E-state index contributed by atoms with van der Waals surface area (Å²) in [5.74, 6) is 0. The monoisotopic (exact) mass is 650 g/mol. The number of hydrogen-bond acceptors (Lipinski definition) is 1. The van der Waals surface area contributed by atoms with Gasteiger partial charge in [-0.25, -0.2) is 0 Å². The highest BCUT2D eigenvalue weighted by Crippen LogP contribution is 2.52. The van der Waals surface area contributed by atoms with E-state index in [2.05, 4.69) is 0 Å². The third kappa shape index (κ3) is 5.42. The summed E-state index contributed by atoms with van der Waals surface area (Å²) in [7, 11) is -5.93. The van der Waals surface area contributed by atoms with Gasteiger partial charge in [0.1, 0.15) is 0 Å². The molecule has 0 aromatic heterocycles. The number of benzene rings is 5. The molecule has 0 saturated heterocycles. The first-order valence-corrected chi connectivity index (χ1v) is 14.0. The highest BCUT2D eigenvalue weighted by Gasteiger charge is 2.48. The maximum Gasteiger partial charge on any atom is 0.417 e. The van der Waals surface area contributed by atoms with Crippen molar-refractivity contribution in [3.8, 4) is 0 Å². The predicted molar refractivity (Wildman–Crippen MR) is 141 cm³/mol. The molecule has 0 aliphatic carbocycles. The Balaban J connectivity index is 2.10. The van der Waals surface area contributed by atoms with Gasteiger partial charge in [-0.1, -0.05) is 48.5 Å². The highest BCUT2D eigenvalue weighted by atomic mass is 31.2. The van der Waals surface area contributed by atoms with Gasteiger partial charge < -0.3 is 4.57 Å². The van der Waals surface area contributed by atoms with Gasteiger partial charge in [0, 0.05) is 15.9 Å². The molecule has 0 heterocycles. The lowest BCUT2D eigenvalue weighted by atomic mass is 10.0. The second-order valence-electron chi connectivity index (χ2n) is 9.73. The Morgan fingerprint density at radius 2 is 0.818 bits per heavy atom. The molecule has 5 aromatic rings. The summed E-state index contributed by atoms with van der Waals surface area (Å²) in [4.78, 5) is 0. The topological polar surface area (TPSA) is 17.1 Å². The van der Waals surface area contributed by atoms with Crippen LogP contribution in [-0.4, -0.2) is 0 Å². The third-order valence-corrected chi connectivity index (χ3v) is 10.2. The largest absolute Gasteiger partial charge is 0.417 e. The molecular formula is C30H15F12OP. The molecule has 5 rings (SSSR count). The molecule has 0 aliphatic rings. The Morgan fingerprint density at radius 1 is 0.409 bits per heavy atom. The second-order valence-corrected chi connectivity index (χ2v) is 12.4. The van der Waals surface area contributed by atoms with Gasteiger partial charge in [0.05, 0.1) is 22.3 Å². The van der Waals surface area contributed by atoms with Crippen LogP contribution in [0.5, 0.6) is 0 Å². The van der Waals surface area contributed by atoms with E-state index in [1.165, 1.54) is 42.5 Å². The molecule has 0 unspecified atom stereocenters. The van der Waals surface area contributed by atoms with Gasteiger partial charge in [-0.2, -0.15) is 52.7 Å². The highest BCUT2D eigenvalue weighted by molar-refractivity contribution is 7.86. The molecule has 0 aliphatic heterocycles. The molecule has 230 valence electrons. The van der Waals surface area contributed by atoms with Crippen LogP contribution < -0.4 is 15.9 Å². The van der Waals surface area contributed by atoms with E-state index >= 15 is 4.57 Å². The molecule has 0 saturated carbocycles. The van der Waals surface area contributed by atoms with Crippen LogP contribution in [0.4, 0.5) is 52.7 Å². The van der Waals surface area contributed by atoms with Crippen LogP contribution in [0, 0.1) is 0 Å². The maximum atomic E-state index is 15.4. The molecule has 5 aromatic carbocycles. The molecule has 1 nitrogen and oxygen atoms in total. The van der Waals surface area contributed by atoms with Crippen molar-refractivity contribution in [2.75, 3.05) is 0 Å². The lowest BCUT2D eigenvalue weighted by Gasteiger charge is -2.29. The fourth-order valence-corrected chi connectivity index (χ4v) is 8.46. The minimum absolute atomic E-state index is 0.00592. The summed E-state index contributed by atoms with van der Waals surface area (Å²) in [6, 6.07) is 11.6. The first kappa shape index (κ1) is 31.4. The number of rotatable bonds is 3. The molecule has 0 radical (unpaired) electrons. The van der Waals surface area contributed by atoms with Gasteiger partial charge in [0.15, 0.2) is 7.14 Å². The lowest BCUT2D eigenvalue weighted by molar-refractivity contribution is -0.140. The van der Waals surface area contributed by atoms with Gasteiger partial charge >= 0.3 is 24.7 Å². The van der Waals surface area contributed by atoms with E-state index in [1.54, 1.807) is 6.07 Å². The summed E-state index contributed by atoms with van der Waals surface area (Å²) in [6.07, 6.45) is -21.9. The number of alkyl halides is 12. The Kier molecular flexibility index (Phi) is 7.35. The van der Waals surface area contributed by atoms with Crippen molar-refractivity contribution in [1.29, 1.82) is 0 Å². The first-order valence-electron chi connectivity index (χ1n) is 12.3. The van der Waals surface area contributed by atoms with Gasteiger partial charge in [0.25, 0.3) is 0 Å². The van der Waals surface area contributed by atoms with Crippen molar-refractivity contribution >= 4 is 44.6 Å². The summed E-state index contributed by atoms with van der Waals surface area (Å²) in [6.45, 7) is 0. The Hall–Kier alpha value is -3.99. The van der Waals surface area contributed by atoms with Crippen molar-refractivity contribution in [2.45, 2.75) is 24.7 Å². The number of fused-ring (bicyclic) bond motifs is 3. The van der Waals surface area contributed by atoms with Gasteiger partial charge in [-0.3, -0.25) is 0 Å². The minimum atomic E-state index is -5.93. The normalized spacial score (nSPS) is 13.5. The Morgan fingerprint density at radius 3 is 1.25 bits per heavy atom. The van der Waals surface area contributed by atoms with Crippen LogP contribution in [0.2, 0.25) is 0 Å². The summed E-state index contributed by atoms with van der Waals surface area (Å²) >= 11 is 0. The first-order chi connectivity index (χ1) is 20.2. The number of halogens is 12. The molecule has 44 heavy (non-hydrogen) atoms. The summed E-state index contributed by atoms with van der Waals surface area (Å²) < 4.78 is 185. The summed E-state index contributed by atoms with van der Waals surface area (Å²) in [5, 5.41) is -3.88. The maximum absolute atomic E-state index is 15.4. The molecule has 0 N–H and O–H groups in total. The second kappa shape index (κ2) is 10.3. The smallest absolute Gasteiger partial charge is 0.309 e. The van der Waals surface area contributed by atoms with Crippen molar-refractivity contribution in [2.24, 2.45) is 0 Å². The van der Waals surface area contributed by atoms with Crippen LogP contribution in [0.15, 0.2) is 91.0 Å². The van der Waals surface area contributed by atoms with Crippen molar-refractivity contribution in [3.63, 3.8) is 0 Å². The Bertz CT molecular complexity index is 1870. The minimum Gasteiger partial charge on any atom is -0.309 e. The molecule has 0 spiro atoms. The van der Waals surface area contributed by atoms with E-state index in [-0.39, 0.29) is 52.6 Å². The molecule has 0 amide bonds. The fraction of sp³-hybridized carbons (Fsp3) is 0.133. The van der Waals surface area contributed by atoms with Gasteiger partial charge in [-0.05, 0) is 64.0 Å². The van der Waals surface area contributed by atoms with E-state index in [1.807, 2.05) is 0 Å². The summed E-state index contributed by atoms with van der Waals surface area (Å²) in [5.41, 5.74) is -7.61. The molecular weight excluding hydrogens is 635 g/mol. The van der Waals surface area contributed by atoms with E-state index in [9.17, 15) is 52.7 Å². The predicted octanol–water partition coefficient (Wildman–Crippen LogP) is 9.71. The SMILES string of the molecule is O=P(c1cc(C(F)(F)F)ccc1C(F)(F)F)(c1cc(C(F)(F)F)ccc1C(F)(F)F)c1cc2ccccc2c2ccccc12. The molecule has 0 fully saturated rings. The van der Waals surface area contributed by atoms with Crippen LogP contribution >= 0.6 is 7.14 Å². The third-order valence-electron chi connectivity index (χ3n) is 7.02. The van der Waals surface area contributed by atoms with Crippen LogP contribution in [-0.2, 0) is 29.3 Å². The zero-order valence-electron chi connectivity index (χ0n) is 21.6. The van der Waals surface area contributed by atoms with E-state index in [4.69, 9.17) is 0 Å².